The van der Waals surface area contributed by atoms with Gasteiger partial charge in [-0.15, -0.1) is 0 Å². The first-order valence-electron chi connectivity index (χ1n) is 5.71. The van der Waals surface area contributed by atoms with E-state index in [2.05, 4.69) is 17.6 Å². The third kappa shape index (κ3) is 6.47. The highest BCUT2D eigenvalue weighted by molar-refractivity contribution is 5.78. The van der Waals surface area contributed by atoms with Gasteiger partial charge in [0.1, 0.15) is 0 Å². The van der Waals surface area contributed by atoms with Gasteiger partial charge in [-0.05, 0) is 19.3 Å². The van der Waals surface area contributed by atoms with Gasteiger partial charge in [0.2, 0.25) is 5.91 Å². The van der Waals surface area contributed by atoms with Crippen LogP contribution >= 0.6 is 0 Å². The molecule has 2 N–H and O–H groups in total. The highest BCUT2D eigenvalue weighted by atomic mass is 16.5. The number of carbonyl (C=O) groups is 1. The Labute approximate surface area is 91.8 Å². The van der Waals surface area contributed by atoms with Crippen LogP contribution in [0.3, 0.4) is 0 Å². The molecule has 1 amide bonds. The number of carbonyl (C=O) groups excluding carboxylic acids is 1. The van der Waals surface area contributed by atoms with Crippen LogP contribution in [0, 0.1) is 5.92 Å². The molecule has 1 aliphatic carbocycles. The van der Waals surface area contributed by atoms with E-state index in [0.717, 1.165) is 18.9 Å². The molecule has 0 aromatic carbocycles. The molecule has 0 aromatic rings. The number of amides is 1. The van der Waals surface area contributed by atoms with Crippen molar-refractivity contribution in [1.29, 1.82) is 0 Å². The van der Waals surface area contributed by atoms with E-state index in [1.807, 2.05) is 0 Å². The number of nitrogens with one attached hydrogen (secondary N) is 2. The van der Waals surface area contributed by atoms with Crippen molar-refractivity contribution in [3.05, 3.63) is 0 Å². The van der Waals surface area contributed by atoms with E-state index in [4.69, 9.17) is 4.74 Å². The summed E-state index contributed by atoms with van der Waals surface area (Å²) in [7, 11) is 1.65. The molecule has 1 rings (SSSR count). The predicted molar refractivity (Wildman–Crippen MR) is 59.7 cm³/mol. The first-order chi connectivity index (χ1) is 7.22. The van der Waals surface area contributed by atoms with Crippen LogP contribution in [0.2, 0.25) is 0 Å². The normalized spacial score (nSPS) is 17.5. The number of ether oxygens (including phenoxy) is 1. The van der Waals surface area contributed by atoms with Crippen molar-refractivity contribution < 1.29 is 9.53 Å². The standard InChI is InChI=1S/C11H22N2O2/c1-9(7-10-3-4-10)13-11(14)8-12-5-6-15-2/h9-10,12H,3-8H2,1-2H3,(H,13,14). The second-order valence-corrected chi connectivity index (χ2v) is 4.32. The van der Waals surface area contributed by atoms with E-state index >= 15 is 0 Å². The van der Waals surface area contributed by atoms with Gasteiger partial charge < -0.3 is 15.4 Å². The maximum Gasteiger partial charge on any atom is 0.234 e. The molecular weight excluding hydrogens is 192 g/mol. The van der Waals surface area contributed by atoms with Gasteiger partial charge in [-0.2, -0.15) is 0 Å². The number of hydrogen-bond donors (Lipinski definition) is 2. The zero-order valence-corrected chi connectivity index (χ0v) is 9.71. The third-order valence-electron chi connectivity index (χ3n) is 2.56. The van der Waals surface area contributed by atoms with Crippen molar-refractivity contribution in [3.63, 3.8) is 0 Å². The van der Waals surface area contributed by atoms with E-state index in [1.165, 1.54) is 12.8 Å². The molecule has 0 heterocycles. The fourth-order valence-electron chi connectivity index (χ4n) is 1.61. The Hall–Kier alpha value is -0.610. The molecule has 0 aliphatic heterocycles. The maximum absolute atomic E-state index is 11.4. The Balaban J connectivity index is 1.96. The zero-order chi connectivity index (χ0) is 11.1. The Kier molecular flexibility index (Phi) is 5.65. The van der Waals surface area contributed by atoms with Gasteiger partial charge in [-0.3, -0.25) is 4.79 Å². The first kappa shape index (κ1) is 12.5. The van der Waals surface area contributed by atoms with Crippen LogP contribution in [0.4, 0.5) is 0 Å². The highest BCUT2D eigenvalue weighted by Gasteiger charge is 2.23. The quantitative estimate of drug-likeness (QED) is 0.579. The molecule has 0 radical (unpaired) electrons. The lowest BCUT2D eigenvalue weighted by molar-refractivity contribution is -0.120. The van der Waals surface area contributed by atoms with Crippen LogP contribution in [-0.2, 0) is 9.53 Å². The lowest BCUT2D eigenvalue weighted by Gasteiger charge is -2.13. The van der Waals surface area contributed by atoms with Crippen LogP contribution in [0.15, 0.2) is 0 Å². The Morgan fingerprint density at radius 2 is 2.27 bits per heavy atom. The molecule has 0 aromatic heterocycles. The number of methoxy groups -OCH3 is 1. The molecule has 15 heavy (non-hydrogen) atoms. The van der Waals surface area contributed by atoms with Crippen molar-refractivity contribution in [2.75, 3.05) is 26.8 Å². The lowest BCUT2D eigenvalue weighted by atomic mass is 10.1. The highest BCUT2D eigenvalue weighted by Crippen LogP contribution is 2.33. The summed E-state index contributed by atoms with van der Waals surface area (Å²) < 4.78 is 4.87. The summed E-state index contributed by atoms with van der Waals surface area (Å²) >= 11 is 0. The van der Waals surface area contributed by atoms with Gasteiger partial charge in [-0.1, -0.05) is 12.8 Å². The van der Waals surface area contributed by atoms with Gasteiger partial charge >= 0.3 is 0 Å². The maximum atomic E-state index is 11.4. The largest absolute Gasteiger partial charge is 0.383 e. The topological polar surface area (TPSA) is 50.4 Å². The van der Waals surface area contributed by atoms with Crippen molar-refractivity contribution >= 4 is 5.91 Å². The van der Waals surface area contributed by atoms with Crippen LogP contribution in [0.5, 0.6) is 0 Å². The molecule has 0 spiro atoms. The molecule has 1 unspecified atom stereocenters. The van der Waals surface area contributed by atoms with Crippen molar-refractivity contribution in [3.8, 4) is 0 Å². The molecule has 0 bridgehead atoms. The van der Waals surface area contributed by atoms with Crippen molar-refractivity contribution in [2.45, 2.75) is 32.2 Å². The fraction of sp³-hybridized carbons (Fsp3) is 0.909. The average Bonchev–Trinajstić information content (AvgIpc) is 2.96. The summed E-state index contributed by atoms with van der Waals surface area (Å²) in [5.74, 6) is 0.945. The van der Waals surface area contributed by atoms with Crippen LogP contribution < -0.4 is 10.6 Å². The van der Waals surface area contributed by atoms with Gasteiger partial charge in [0.05, 0.1) is 13.2 Å². The van der Waals surface area contributed by atoms with Crippen molar-refractivity contribution in [1.82, 2.24) is 10.6 Å². The second kappa shape index (κ2) is 6.80. The number of hydrogen-bond acceptors (Lipinski definition) is 3. The van der Waals surface area contributed by atoms with Crippen LogP contribution in [0.1, 0.15) is 26.2 Å². The van der Waals surface area contributed by atoms with Crippen LogP contribution in [0.25, 0.3) is 0 Å². The molecule has 0 saturated heterocycles. The SMILES string of the molecule is COCCNCC(=O)NC(C)CC1CC1. The van der Waals surface area contributed by atoms with E-state index in [0.29, 0.717) is 19.2 Å². The fourth-order valence-corrected chi connectivity index (χ4v) is 1.61. The summed E-state index contributed by atoms with van der Waals surface area (Å²) in [6.07, 6.45) is 3.81. The smallest absolute Gasteiger partial charge is 0.234 e. The molecule has 1 fully saturated rings. The Morgan fingerprint density at radius 3 is 2.87 bits per heavy atom. The van der Waals surface area contributed by atoms with E-state index in [9.17, 15) is 4.79 Å². The minimum Gasteiger partial charge on any atom is -0.383 e. The molecular formula is C11H22N2O2. The van der Waals surface area contributed by atoms with E-state index < -0.39 is 0 Å². The summed E-state index contributed by atoms with van der Waals surface area (Å²) in [6, 6.07) is 0.314. The molecule has 1 atom stereocenters. The number of rotatable bonds is 8. The second-order valence-electron chi connectivity index (χ2n) is 4.32. The third-order valence-corrected chi connectivity index (χ3v) is 2.56. The summed E-state index contributed by atoms with van der Waals surface area (Å²) in [5.41, 5.74) is 0. The van der Waals surface area contributed by atoms with E-state index in [-0.39, 0.29) is 5.91 Å². The summed E-state index contributed by atoms with van der Waals surface area (Å²) in [4.78, 5) is 11.4. The van der Waals surface area contributed by atoms with Gasteiger partial charge in [0.25, 0.3) is 0 Å². The first-order valence-corrected chi connectivity index (χ1v) is 5.71. The summed E-state index contributed by atoms with van der Waals surface area (Å²) in [6.45, 7) is 3.83. The predicted octanol–water partition coefficient (Wildman–Crippen LogP) is 0.527. The van der Waals surface area contributed by atoms with E-state index in [1.54, 1.807) is 7.11 Å². The lowest BCUT2D eigenvalue weighted by Crippen LogP contribution is -2.40. The molecule has 4 nitrogen and oxygen atoms in total. The molecule has 1 aliphatic rings. The average molecular weight is 214 g/mol. The summed E-state index contributed by atoms with van der Waals surface area (Å²) in [5, 5.41) is 6.01. The Morgan fingerprint density at radius 1 is 1.53 bits per heavy atom. The van der Waals surface area contributed by atoms with Gasteiger partial charge in [0, 0.05) is 19.7 Å². The minimum atomic E-state index is 0.0826. The Bertz CT molecular complexity index is 193. The monoisotopic (exact) mass is 214 g/mol. The molecule has 4 heteroatoms. The minimum absolute atomic E-state index is 0.0826. The van der Waals surface area contributed by atoms with Crippen LogP contribution in [-0.4, -0.2) is 38.8 Å². The molecule has 88 valence electrons. The molecule has 1 saturated carbocycles. The zero-order valence-electron chi connectivity index (χ0n) is 9.71. The van der Waals surface area contributed by atoms with Gasteiger partial charge in [0.15, 0.2) is 0 Å². The van der Waals surface area contributed by atoms with Crippen molar-refractivity contribution in [2.24, 2.45) is 5.92 Å². The van der Waals surface area contributed by atoms with Gasteiger partial charge in [-0.25, -0.2) is 0 Å².